The second-order valence-corrected chi connectivity index (χ2v) is 10.6. The minimum absolute atomic E-state index is 0.331. The molecule has 1 unspecified atom stereocenters. The van der Waals surface area contributed by atoms with Crippen LogP contribution in [0.2, 0.25) is 0 Å². The van der Waals surface area contributed by atoms with Gasteiger partial charge >= 0.3 is 0 Å². The van der Waals surface area contributed by atoms with Gasteiger partial charge < -0.3 is 19.7 Å². The third-order valence-electron chi connectivity index (χ3n) is 7.70. The Morgan fingerprint density at radius 3 is 2.21 bits per heavy atom. The summed E-state index contributed by atoms with van der Waals surface area (Å²) in [5, 5.41) is 2.51. The van der Waals surface area contributed by atoms with Gasteiger partial charge in [0.25, 0.3) is 11.8 Å². The smallest absolute Gasteiger partial charge is 0.254 e. The van der Waals surface area contributed by atoms with Crippen LogP contribution in [-0.4, -0.2) is 61.6 Å². The summed E-state index contributed by atoms with van der Waals surface area (Å²) in [6.07, 6.45) is 7.27. The summed E-state index contributed by atoms with van der Waals surface area (Å²) in [5.41, 5.74) is 1.64. The van der Waals surface area contributed by atoms with Crippen molar-refractivity contribution in [3.63, 3.8) is 0 Å². The normalized spacial score (nSPS) is 18.3. The molecule has 2 aromatic rings. The zero-order chi connectivity index (χ0) is 27.8. The molecule has 206 valence electrons. The Labute approximate surface area is 231 Å². The van der Waals surface area contributed by atoms with E-state index in [4.69, 9.17) is 9.47 Å². The average Bonchev–Trinajstić information content (AvgIpc) is 3.82. The Balaban J connectivity index is 1.39. The fourth-order valence-electron chi connectivity index (χ4n) is 4.63. The highest BCUT2D eigenvalue weighted by Crippen LogP contribution is 2.33. The Morgan fingerprint density at radius 1 is 1.00 bits per heavy atom. The molecule has 0 bridgehead atoms. The van der Waals surface area contributed by atoms with E-state index in [9.17, 15) is 14.4 Å². The van der Waals surface area contributed by atoms with Crippen molar-refractivity contribution in [1.29, 1.82) is 0 Å². The second-order valence-electron chi connectivity index (χ2n) is 10.6. The molecule has 2 aliphatic rings. The van der Waals surface area contributed by atoms with Crippen molar-refractivity contribution in [2.75, 3.05) is 27.3 Å². The van der Waals surface area contributed by atoms with E-state index in [1.165, 1.54) is 50.7 Å². The van der Waals surface area contributed by atoms with E-state index in [0.29, 0.717) is 18.6 Å². The molecule has 7 heteroatoms. The molecule has 1 N–H and O–H groups in total. The first kappa shape index (κ1) is 28.5. The fourth-order valence-corrected chi connectivity index (χ4v) is 4.63. The Morgan fingerprint density at radius 2 is 1.64 bits per heavy atom. The molecule has 1 saturated carbocycles. The molecule has 7 nitrogen and oxygen atoms in total. The average molecular weight is 531 g/mol. The van der Waals surface area contributed by atoms with Crippen LogP contribution in [0.1, 0.15) is 72.5 Å². The maximum atomic E-state index is 13.3. The molecule has 1 aliphatic heterocycles. The van der Waals surface area contributed by atoms with E-state index in [-0.39, 0.29) is 6.61 Å². The molecular weight excluding hydrogens is 492 g/mol. The number of hydrogen-bond acceptors (Lipinski definition) is 5. The predicted octanol–water partition coefficient (Wildman–Crippen LogP) is 4.12. The number of Topliss-reactive ketones (excluding diaryl/α,β-unsaturated/α-hetero) is 1. The van der Waals surface area contributed by atoms with Crippen molar-refractivity contribution in [3.8, 4) is 11.8 Å². The maximum Gasteiger partial charge on any atom is 0.254 e. The number of aryl methyl sites for hydroxylation is 1. The van der Waals surface area contributed by atoms with Crippen molar-refractivity contribution in [1.82, 2.24) is 10.2 Å². The van der Waals surface area contributed by atoms with Gasteiger partial charge in [-0.05, 0) is 86.9 Å². The Kier molecular flexibility index (Phi) is 9.55. The highest BCUT2D eigenvalue weighted by Gasteiger charge is 2.46. The van der Waals surface area contributed by atoms with Gasteiger partial charge in [-0.3, -0.25) is 14.4 Å². The Bertz CT molecular complexity index is 1220. The molecule has 1 saturated heterocycles. The van der Waals surface area contributed by atoms with E-state index in [2.05, 4.69) is 29.3 Å². The van der Waals surface area contributed by atoms with Gasteiger partial charge in [-0.15, -0.1) is 0 Å². The molecule has 2 amide bonds. The first-order chi connectivity index (χ1) is 18.8. The van der Waals surface area contributed by atoms with Gasteiger partial charge in [0.15, 0.2) is 17.6 Å². The first-order valence-electron chi connectivity index (χ1n) is 13.8. The van der Waals surface area contributed by atoms with Crippen LogP contribution in [0.15, 0.2) is 48.5 Å². The molecule has 2 fully saturated rings. The molecule has 1 aliphatic carbocycles. The number of nitrogens with zero attached hydrogens (tertiary/aromatic N) is 1. The van der Waals surface area contributed by atoms with Crippen LogP contribution in [0.4, 0.5) is 0 Å². The lowest BCUT2D eigenvalue weighted by Crippen LogP contribution is -2.62. The van der Waals surface area contributed by atoms with E-state index in [1.54, 1.807) is 24.3 Å². The number of ketones is 1. The topological polar surface area (TPSA) is 84.9 Å². The minimum atomic E-state index is -1.75. The van der Waals surface area contributed by atoms with Crippen molar-refractivity contribution in [2.45, 2.75) is 63.7 Å². The second kappa shape index (κ2) is 13.1. The van der Waals surface area contributed by atoms with Crippen molar-refractivity contribution in [3.05, 3.63) is 70.8 Å². The number of carbonyl (C=O) groups excluding carboxylic acids is 3. The van der Waals surface area contributed by atoms with Crippen LogP contribution >= 0.6 is 0 Å². The number of benzene rings is 2. The molecule has 0 spiro atoms. The summed E-state index contributed by atoms with van der Waals surface area (Å²) < 4.78 is 11.1. The highest BCUT2D eigenvalue weighted by atomic mass is 16.7. The molecule has 0 radical (unpaired) electrons. The van der Waals surface area contributed by atoms with Crippen molar-refractivity contribution < 1.29 is 23.9 Å². The third kappa shape index (κ3) is 7.35. The summed E-state index contributed by atoms with van der Waals surface area (Å²) in [4.78, 5) is 40.5. The summed E-state index contributed by atoms with van der Waals surface area (Å²) in [5.74, 6) is 5.67. The molecule has 2 atom stereocenters. The third-order valence-corrected chi connectivity index (χ3v) is 7.70. The molecule has 0 aromatic heterocycles. The maximum absolute atomic E-state index is 13.3. The van der Waals surface area contributed by atoms with Crippen molar-refractivity contribution in [2.24, 2.45) is 5.92 Å². The molecular formula is C32H38N2O5. The van der Waals surface area contributed by atoms with Crippen LogP contribution in [0.5, 0.6) is 0 Å². The van der Waals surface area contributed by atoms with Crippen LogP contribution in [-0.2, 0) is 25.5 Å². The van der Waals surface area contributed by atoms with Crippen LogP contribution in [0, 0.1) is 17.8 Å². The summed E-state index contributed by atoms with van der Waals surface area (Å²) >= 11 is 0. The fraction of sp³-hybridized carbons (Fsp3) is 0.469. The van der Waals surface area contributed by atoms with Gasteiger partial charge in [0.1, 0.15) is 6.61 Å². The van der Waals surface area contributed by atoms with Gasteiger partial charge in [0.05, 0.1) is 0 Å². The molecule has 39 heavy (non-hydrogen) atoms. The Hall–Kier alpha value is -3.47. The lowest BCUT2D eigenvalue weighted by atomic mass is 9.92. The van der Waals surface area contributed by atoms with E-state index < -0.39 is 29.4 Å². The lowest BCUT2D eigenvalue weighted by molar-refractivity contribution is -0.174. The standard InChI is InChI=1S/C32H38N2O5/c1-32(31(37)33-2,28(35)22-39-29-6-4-5-21-38-29)34(3)30(36)27-19-17-26(18-20-27)16-15-25-13-11-24(12-14-25)10-9-23-7-8-23/h11-14,17-20,23,29H,4-10,21-22H2,1-3H3,(H,33,37)/t29?,32-/m1/s1. The monoisotopic (exact) mass is 530 g/mol. The summed E-state index contributed by atoms with van der Waals surface area (Å²) in [7, 11) is 2.89. The van der Waals surface area contributed by atoms with E-state index in [0.717, 1.165) is 36.3 Å². The van der Waals surface area contributed by atoms with Crippen LogP contribution < -0.4 is 5.32 Å². The van der Waals surface area contributed by atoms with Crippen LogP contribution in [0.3, 0.4) is 0 Å². The van der Waals surface area contributed by atoms with Gasteiger partial charge in [0, 0.05) is 37.4 Å². The first-order valence-corrected chi connectivity index (χ1v) is 13.8. The number of carbonyl (C=O) groups is 3. The number of nitrogens with one attached hydrogen (secondary N) is 1. The van der Waals surface area contributed by atoms with E-state index in [1.807, 2.05) is 12.1 Å². The van der Waals surface area contributed by atoms with Gasteiger partial charge in [-0.1, -0.05) is 36.8 Å². The van der Waals surface area contributed by atoms with Gasteiger partial charge in [-0.25, -0.2) is 0 Å². The largest absolute Gasteiger partial charge is 0.357 e. The quantitative estimate of drug-likeness (QED) is 0.369. The lowest BCUT2D eigenvalue weighted by Gasteiger charge is -2.36. The molecule has 4 rings (SSSR count). The summed E-state index contributed by atoms with van der Waals surface area (Å²) in [6.45, 7) is 1.69. The van der Waals surface area contributed by atoms with Gasteiger partial charge in [-0.2, -0.15) is 0 Å². The zero-order valence-electron chi connectivity index (χ0n) is 23.1. The molecule has 1 heterocycles. The zero-order valence-corrected chi connectivity index (χ0v) is 23.1. The number of rotatable bonds is 10. The van der Waals surface area contributed by atoms with E-state index >= 15 is 0 Å². The molecule has 2 aromatic carbocycles. The SMILES string of the molecule is CNC(=O)[C@@](C)(C(=O)COC1CCCCO1)N(C)C(=O)c1ccc(C#Cc2ccc(CCC3CC3)cc2)cc1. The number of hydrogen-bond donors (Lipinski definition) is 1. The van der Waals surface area contributed by atoms with Crippen molar-refractivity contribution >= 4 is 17.6 Å². The number of amides is 2. The van der Waals surface area contributed by atoms with Gasteiger partial charge in [0.2, 0.25) is 0 Å². The predicted molar refractivity (Wildman–Crippen MR) is 149 cm³/mol. The minimum Gasteiger partial charge on any atom is -0.357 e. The number of ether oxygens (including phenoxy) is 2. The number of likely N-dealkylation sites (N-methyl/N-ethyl adjacent to an activating group) is 2. The summed E-state index contributed by atoms with van der Waals surface area (Å²) in [6, 6.07) is 15.2. The van der Waals surface area contributed by atoms with Crippen LogP contribution in [0.25, 0.3) is 0 Å². The highest BCUT2D eigenvalue weighted by molar-refractivity contribution is 6.14.